The minimum atomic E-state index is -0.936. The first-order chi connectivity index (χ1) is 7.49. The topological polar surface area (TPSA) is 46.5 Å². The number of carboxylic acid groups (broad SMARTS) is 1. The molecule has 0 radical (unpaired) electrons. The molecular formula is C12H15FO3. The molecular weight excluding hydrogens is 211 g/mol. The van der Waals surface area contributed by atoms with Gasteiger partial charge in [-0.1, -0.05) is 0 Å². The molecule has 1 N–H and O–H groups in total. The first-order valence-electron chi connectivity index (χ1n) is 5.16. The summed E-state index contributed by atoms with van der Waals surface area (Å²) >= 11 is 0. The van der Waals surface area contributed by atoms with E-state index >= 15 is 0 Å². The van der Waals surface area contributed by atoms with Crippen molar-refractivity contribution >= 4 is 5.97 Å². The normalized spacial score (nSPS) is 10.5. The van der Waals surface area contributed by atoms with E-state index in [4.69, 9.17) is 9.84 Å². The van der Waals surface area contributed by atoms with Gasteiger partial charge in [0.25, 0.3) is 0 Å². The predicted molar refractivity (Wildman–Crippen MR) is 58.1 cm³/mol. The monoisotopic (exact) mass is 226 g/mol. The molecule has 1 aromatic carbocycles. The molecule has 0 amide bonds. The predicted octanol–water partition coefficient (Wildman–Crippen LogP) is 2.63. The number of hydrogen-bond acceptors (Lipinski definition) is 2. The Hall–Kier alpha value is -1.58. The molecule has 0 aliphatic heterocycles. The van der Waals surface area contributed by atoms with Crippen molar-refractivity contribution in [3.05, 3.63) is 29.6 Å². The Kier molecular flexibility index (Phi) is 4.28. The van der Waals surface area contributed by atoms with Crippen molar-refractivity contribution in [2.24, 2.45) is 0 Å². The SMILES string of the molecule is CC(C)Oc1ccc(F)c(CCC(=O)O)c1. The molecule has 1 rings (SSSR count). The lowest BCUT2D eigenvalue weighted by atomic mass is 10.1. The Morgan fingerprint density at radius 3 is 2.75 bits per heavy atom. The van der Waals surface area contributed by atoms with Gasteiger partial charge in [-0.05, 0) is 44.0 Å². The summed E-state index contributed by atoms with van der Waals surface area (Å²) in [4.78, 5) is 10.4. The minimum Gasteiger partial charge on any atom is -0.491 e. The van der Waals surface area contributed by atoms with Crippen LogP contribution in [0.5, 0.6) is 5.75 Å². The van der Waals surface area contributed by atoms with Gasteiger partial charge in [0.2, 0.25) is 0 Å². The molecule has 88 valence electrons. The lowest BCUT2D eigenvalue weighted by Gasteiger charge is -2.11. The van der Waals surface area contributed by atoms with Crippen LogP contribution in [0.15, 0.2) is 18.2 Å². The van der Waals surface area contributed by atoms with Crippen LogP contribution in [0.25, 0.3) is 0 Å². The van der Waals surface area contributed by atoms with Crippen molar-refractivity contribution in [1.29, 1.82) is 0 Å². The number of aryl methyl sites for hydroxylation is 1. The third kappa shape index (κ3) is 3.88. The van der Waals surface area contributed by atoms with Crippen molar-refractivity contribution in [1.82, 2.24) is 0 Å². The third-order valence-electron chi connectivity index (χ3n) is 2.00. The molecule has 0 unspecified atom stereocenters. The summed E-state index contributed by atoms with van der Waals surface area (Å²) in [6.07, 6.45) is 0.108. The van der Waals surface area contributed by atoms with E-state index in [1.54, 1.807) is 12.1 Å². The Morgan fingerprint density at radius 2 is 2.19 bits per heavy atom. The largest absolute Gasteiger partial charge is 0.491 e. The van der Waals surface area contributed by atoms with Gasteiger partial charge in [-0.3, -0.25) is 4.79 Å². The Balaban J connectivity index is 2.77. The van der Waals surface area contributed by atoms with E-state index in [1.165, 1.54) is 6.07 Å². The molecule has 4 heteroatoms. The molecule has 0 heterocycles. The number of halogens is 1. The summed E-state index contributed by atoms with van der Waals surface area (Å²) in [5.74, 6) is -0.760. The van der Waals surface area contributed by atoms with Crippen molar-refractivity contribution in [2.75, 3.05) is 0 Å². The highest BCUT2D eigenvalue weighted by atomic mass is 19.1. The van der Waals surface area contributed by atoms with Crippen LogP contribution in [0.1, 0.15) is 25.8 Å². The summed E-state index contributed by atoms with van der Waals surface area (Å²) < 4.78 is 18.7. The van der Waals surface area contributed by atoms with Gasteiger partial charge in [-0.15, -0.1) is 0 Å². The maximum Gasteiger partial charge on any atom is 0.303 e. The number of carboxylic acids is 1. The zero-order valence-corrected chi connectivity index (χ0v) is 9.37. The van der Waals surface area contributed by atoms with Crippen LogP contribution < -0.4 is 4.74 Å². The van der Waals surface area contributed by atoms with E-state index in [0.29, 0.717) is 11.3 Å². The van der Waals surface area contributed by atoms with Crippen LogP contribution in [0.4, 0.5) is 4.39 Å². The maximum atomic E-state index is 13.3. The van der Waals surface area contributed by atoms with Gasteiger partial charge in [-0.2, -0.15) is 0 Å². The maximum absolute atomic E-state index is 13.3. The average molecular weight is 226 g/mol. The Morgan fingerprint density at radius 1 is 1.50 bits per heavy atom. The van der Waals surface area contributed by atoms with Crippen LogP contribution in [0, 0.1) is 5.82 Å². The van der Waals surface area contributed by atoms with E-state index in [2.05, 4.69) is 0 Å². The molecule has 16 heavy (non-hydrogen) atoms. The first kappa shape index (κ1) is 12.5. The third-order valence-corrected chi connectivity index (χ3v) is 2.00. The van der Waals surface area contributed by atoms with Crippen LogP contribution in [0.3, 0.4) is 0 Å². The van der Waals surface area contributed by atoms with E-state index in [1.807, 2.05) is 13.8 Å². The number of carbonyl (C=O) groups is 1. The summed E-state index contributed by atoms with van der Waals surface area (Å²) in [7, 11) is 0. The fourth-order valence-electron chi connectivity index (χ4n) is 1.33. The average Bonchev–Trinajstić information content (AvgIpc) is 2.18. The molecule has 0 atom stereocenters. The summed E-state index contributed by atoms with van der Waals surface area (Å²) in [5, 5.41) is 8.53. The minimum absolute atomic E-state index is 0.0118. The van der Waals surface area contributed by atoms with Crippen LogP contribution in [0.2, 0.25) is 0 Å². The molecule has 0 aliphatic carbocycles. The number of benzene rings is 1. The van der Waals surface area contributed by atoms with E-state index < -0.39 is 11.8 Å². The Bertz CT molecular complexity index is 375. The second-order valence-corrected chi connectivity index (χ2v) is 3.81. The van der Waals surface area contributed by atoms with Crippen LogP contribution >= 0.6 is 0 Å². The molecule has 0 saturated heterocycles. The summed E-state index contributed by atoms with van der Waals surface area (Å²) in [6, 6.07) is 4.40. The highest BCUT2D eigenvalue weighted by molar-refractivity contribution is 5.67. The number of rotatable bonds is 5. The fraction of sp³-hybridized carbons (Fsp3) is 0.417. The van der Waals surface area contributed by atoms with Gasteiger partial charge in [0.05, 0.1) is 6.10 Å². The molecule has 0 aliphatic rings. The molecule has 3 nitrogen and oxygen atoms in total. The smallest absolute Gasteiger partial charge is 0.303 e. The molecule has 0 fully saturated rings. The second-order valence-electron chi connectivity index (χ2n) is 3.81. The zero-order valence-electron chi connectivity index (χ0n) is 9.37. The van der Waals surface area contributed by atoms with Crippen LogP contribution in [-0.4, -0.2) is 17.2 Å². The van der Waals surface area contributed by atoms with E-state index in [9.17, 15) is 9.18 Å². The van der Waals surface area contributed by atoms with Gasteiger partial charge in [0.15, 0.2) is 0 Å². The van der Waals surface area contributed by atoms with E-state index in [0.717, 1.165) is 0 Å². The molecule has 0 spiro atoms. The van der Waals surface area contributed by atoms with Gasteiger partial charge >= 0.3 is 5.97 Å². The quantitative estimate of drug-likeness (QED) is 0.839. The number of hydrogen-bond donors (Lipinski definition) is 1. The van der Waals surface area contributed by atoms with Crippen molar-refractivity contribution in [2.45, 2.75) is 32.8 Å². The van der Waals surface area contributed by atoms with Crippen molar-refractivity contribution in [3.63, 3.8) is 0 Å². The Labute approximate surface area is 93.9 Å². The van der Waals surface area contributed by atoms with Gasteiger partial charge < -0.3 is 9.84 Å². The van der Waals surface area contributed by atoms with E-state index in [-0.39, 0.29) is 18.9 Å². The summed E-state index contributed by atoms with van der Waals surface area (Å²) in [5.41, 5.74) is 0.376. The lowest BCUT2D eigenvalue weighted by Crippen LogP contribution is -2.06. The van der Waals surface area contributed by atoms with Crippen LogP contribution in [-0.2, 0) is 11.2 Å². The van der Waals surface area contributed by atoms with Gasteiger partial charge in [0, 0.05) is 6.42 Å². The molecule has 0 saturated carbocycles. The molecule has 0 aromatic heterocycles. The van der Waals surface area contributed by atoms with Gasteiger partial charge in [0.1, 0.15) is 11.6 Å². The highest BCUT2D eigenvalue weighted by Gasteiger charge is 2.07. The number of ether oxygens (including phenoxy) is 1. The van der Waals surface area contributed by atoms with Gasteiger partial charge in [-0.25, -0.2) is 4.39 Å². The highest BCUT2D eigenvalue weighted by Crippen LogP contribution is 2.19. The summed E-state index contributed by atoms with van der Waals surface area (Å²) in [6.45, 7) is 3.75. The molecule has 0 bridgehead atoms. The van der Waals surface area contributed by atoms with Crippen molar-refractivity contribution in [3.8, 4) is 5.75 Å². The first-order valence-corrected chi connectivity index (χ1v) is 5.16. The second kappa shape index (κ2) is 5.49. The molecule has 1 aromatic rings. The number of aliphatic carboxylic acids is 1. The van der Waals surface area contributed by atoms with Crippen molar-refractivity contribution < 1.29 is 19.0 Å². The lowest BCUT2D eigenvalue weighted by molar-refractivity contribution is -0.136. The standard InChI is InChI=1S/C12H15FO3/c1-8(2)16-10-4-5-11(13)9(7-10)3-6-12(14)15/h4-5,7-8H,3,6H2,1-2H3,(H,14,15). The zero-order chi connectivity index (χ0) is 12.1. The fourth-order valence-corrected chi connectivity index (χ4v) is 1.33.